The lowest BCUT2D eigenvalue weighted by Crippen LogP contribution is -2.44. The predicted molar refractivity (Wildman–Crippen MR) is 110 cm³/mol. The van der Waals surface area contributed by atoms with E-state index in [0.29, 0.717) is 30.9 Å². The van der Waals surface area contributed by atoms with E-state index in [2.05, 4.69) is 15.9 Å². The monoisotopic (exact) mass is 413 g/mol. The van der Waals surface area contributed by atoms with Crippen molar-refractivity contribution in [1.29, 1.82) is 0 Å². The van der Waals surface area contributed by atoms with Crippen molar-refractivity contribution in [1.82, 2.24) is 15.9 Å². The van der Waals surface area contributed by atoms with Gasteiger partial charge in [-0.25, -0.2) is 4.79 Å². The number of ketones is 1. The number of carbonyl (C=O) groups excluding carboxylic acids is 2. The van der Waals surface area contributed by atoms with Gasteiger partial charge in [0.25, 0.3) is 0 Å². The minimum absolute atomic E-state index is 0.0631. The summed E-state index contributed by atoms with van der Waals surface area (Å²) in [5.41, 5.74) is 0. The van der Waals surface area contributed by atoms with Crippen LogP contribution in [-0.4, -0.2) is 64.1 Å². The largest absolute Gasteiger partial charge is 0.480 e. The van der Waals surface area contributed by atoms with Crippen molar-refractivity contribution < 1.29 is 24.5 Å². The third-order valence-electron chi connectivity index (χ3n) is 5.32. The molecule has 0 aromatic heterocycles. The molecule has 0 spiro atoms. The third-order valence-corrected chi connectivity index (χ3v) is 6.83. The average Bonchev–Trinajstić information content (AvgIpc) is 3.16. The van der Waals surface area contributed by atoms with E-state index in [1.165, 1.54) is 6.82 Å². The number of unbranched alkanes of at least 4 members (excludes halogenated alkanes) is 3. The number of nitrogens with one attached hydrogen (secondary N) is 3. The van der Waals surface area contributed by atoms with E-state index in [1.54, 1.807) is 0 Å². The minimum atomic E-state index is -0.961. The molecule has 2 amide bonds. The second-order valence-corrected chi connectivity index (χ2v) is 9.01. The fraction of sp³-hybridized carbons (Fsp3) is 0.833. The van der Waals surface area contributed by atoms with Gasteiger partial charge in [0, 0.05) is 23.8 Å². The van der Waals surface area contributed by atoms with Crippen molar-refractivity contribution in [3.8, 4) is 0 Å². The van der Waals surface area contributed by atoms with Crippen LogP contribution >= 0.6 is 11.8 Å². The molecule has 8 nitrogen and oxygen atoms in total. The van der Waals surface area contributed by atoms with Gasteiger partial charge in [-0.1, -0.05) is 19.3 Å². The molecular formula is C18H32BN3O5S. The van der Waals surface area contributed by atoms with Gasteiger partial charge in [0.15, 0.2) is 0 Å². The summed E-state index contributed by atoms with van der Waals surface area (Å²) in [6.07, 6.45) is 6.79. The number of carboxylic acids is 1. The van der Waals surface area contributed by atoms with Crippen LogP contribution < -0.4 is 15.9 Å². The predicted octanol–water partition coefficient (Wildman–Crippen LogP) is 1.38. The van der Waals surface area contributed by atoms with E-state index < -0.39 is 19.1 Å². The van der Waals surface area contributed by atoms with Gasteiger partial charge in [-0.05, 0) is 32.5 Å². The first-order valence-corrected chi connectivity index (χ1v) is 11.3. The quantitative estimate of drug-likeness (QED) is 0.165. The van der Waals surface area contributed by atoms with Gasteiger partial charge in [-0.3, -0.25) is 9.59 Å². The van der Waals surface area contributed by atoms with E-state index in [0.717, 1.165) is 37.9 Å². The normalized spacial score (nSPS) is 24.4. The van der Waals surface area contributed by atoms with Crippen LogP contribution in [0.4, 0.5) is 4.79 Å². The fourth-order valence-corrected chi connectivity index (χ4v) is 5.40. The highest BCUT2D eigenvalue weighted by atomic mass is 32.2. The zero-order valence-electron chi connectivity index (χ0n) is 16.5. The Morgan fingerprint density at radius 2 is 1.93 bits per heavy atom. The van der Waals surface area contributed by atoms with Gasteiger partial charge in [-0.2, -0.15) is 11.8 Å². The number of hydrogen-bond donors (Lipinski definition) is 5. The fourth-order valence-electron chi connectivity index (χ4n) is 3.85. The molecule has 2 heterocycles. The molecule has 0 radical (unpaired) electrons. The molecule has 5 N–H and O–H groups in total. The lowest BCUT2D eigenvalue weighted by atomic mass is 9.86. The smallest absolute Gasteiger partial charge is 0.374 e. The van der Waals surface area contributed by atoms with Crippen molar-refractivity contribution in [3.63, 3.8) is 0 Å². The SMILES string of the molecule is CB(O)N[C@@H](CCCCCC(=O)CCCC[C@@H]1SC[C@@H]2NC(=O)N[C@@H]21)C(=O)O. The highest BCUT2D eigenvalue weighted by Gasteiger charge is 2.42. The topological polar surface area (TPSA) is 128 Å². The van der Waals surface area contributed by atoms with Gasteiger partial charge in [-0.15, -0.1) is 0 Å². The van der Waals surface area contributed by atoms with Crippen LogP contribution in [-0.2, 0) is 9.59 Å². The number of carboxylic acid groups (broad SMARTS) is 1. The maximum atomic E-state index is 12.0. The van der Waals surface area contributed by atoms with E-state index >= 15 is 0 Å². The summed E-state index contributed by atoms with van der Waals surface area (Å²) in [6.45, 7) is 1.50. The zero-order chi connectivity index (χ0) is 20.5. The van der Waals surface area contributed by atoms with Crippen LogP contribution in [0.15, 0.2) is 0 Å². The standard InChI is InChI=1S/C18H32BN3O5S/c1-19(27)22-13(17(24)25)9-4-2-3-7-12(23)8-5-6-10-15-16-14(11-28-15)20-18(26)21-16/h13-16,22,27H,2-11H2,1H3,(H,24,25)(H2,20,21,26)/t13-,14-,15-,16-/m0/s1. The Balaban J connectivity index is 1.48. The molecule has 10 heteroatoms. The molecule has 0 aromatic carbocycles. The Bertz CT molecular complexity index is 551. The minimum Gasteiger partial charge on any atom is -0.480 e. The Morgan fingerprint density at radius 1 is 1.21 bits per heavy atom. The highest BCUT2D eigenvalue weighted by molar-refractivity contribution is 8.00. The number of Topliss-reactive ketones (excluding diaryl/α,β-unsaturated/α-hetero) is 1. The molecular weight excluding hydrogens is 381 g/mol. The van der Waals surface area contributed by atoms with Gasteiger partial charge < -0.3 is 26.0 Å². The summed E-state index contributed by atoms with van der Waals surface area (Å²) >= 11 is 1.90. The summed E-state index contributed by atoms with van der Waals surface area (Å²) in [6, 6.07) is -0.331. The number of amides is 2. The van der Waals surface area contributed by atoms with Crippen LogP contribution in [0.2, 0.25) is 6.82 Å². The van der Waals surface area contributed by atoms with Gasteiger partial charge in [0.05, 0.1) is 18.1 Å². The molecule has 0 unspecified atom stereocenters. The molecule has 28 heavy (non-hydrogen) atoms. The molecule has 2 rings (SSSR count). The second kappa shape index (κ2) is 11.7. The van der Waals surface area contributed by atoms with Crippen molar-refractivity contribution in [3.05, 3.63) is 0 Å². The third kappa shape index (κ3) is 7.64. The Hall–Kier alpha value is -1.26. The average molecular weight is 413 g/mol. The molecule has 2 aliphatic heterocycles. The summed E-state index contributed by atoms with van der Waals surface area (Å²) in [5, 5.41) is 27.3. The number of rotatable bonds is 14. The Kier molecular flexibility index (Phi) is 9.60. The van der Waals surface area contributed by atoms with Crippen molar-refractivity contribution in [2.75, 3.05) is 5.75 Å². The van der Waals surface area contributed by atoms with E-state index in [-0.39, 0.29) is 23.9 Å². The first-order valence-electron chi connectivity index (χ1n) is 10.2. The summed E-state index contributed by atoms with van der Waals surface area (Å²) in [5.74, 6) is 0.268. The molecule has 158 valence electrons. The maximum absolute atomic E-state index is 12.0. The Labute approximate surface area is 171 Å². The molecule has 0 saturated carbocycles. The van der Waals surface area contributed by atoms with Crippen molar-refractivity contribution in [2.24, 2.45) is 0 Å². The van der Waals surface area contributed by atoms with Gasteiger partial charge >= 0.3 is 19.1 Å². The number of thioether (sulfide) groups is 1. The molecule has 4 atom stereocenters. The van der Waals surface area contributed by atoms with Crippen molar-refractivity contribution in [2.45, 2.75) is 88.0 Å². The molecule has 0 bridgehead atoms. The van der Waals surface area contributed by atoms with E-state index in [4.69, 9.17) is 5.11 Å². The zero-order valence-corrected chi connectivity index (χ0v) is 17.3. The first kappa shape index (κ1) is 23.0. The van der Waals surface area contributed by atoms with E-state index in [9.17, 15) is 19.4 Å². The van der Waals surface area contributed by atoms with E-state index in [1.807, 2.05) is 11.8 Å². The number of urea groups is 1. The second-order valence-electron chi connectivity index (χ2n) is 7.74. The van der Waals surface area contributed by atoms with Gasteiger partial charge in [0.2, 0.25) is 0 Å². The Morgan fingerprint density at radius 3 is 2.61 bits per heavy atom. The summed E-state index contributed by atoms with van der Waals surface area (Å²) in [7, 11) is -0.850. The number of fused-ring (bicyclic) bond motifs is 1. The summed E-state index contributed by atoms with van der Waals surface area (Å²) in [4.78, 5) is 34.4. The van der Waals surface area contributed by atoms with Crippen LogP contribution in [0.1, 0.15) is 57.8 Å². The molecule has 2 aliphatic rings. The number of hydrogen-bond acceptors (Lipinski definition) is 6. The lowest BCUT2D eigenvalue weighted by Gasteiger charge is -2.16. The number of aliphatic carboxylic acids is 1. The van der Waals surface area contributed by atoms with Gasteiger partial charge in [0.1, 0.15) is 5.78 Å². The maximum Gasteiger partial charge on any atom is 0.374 e. The molecule has 2 fully saturated rings. The molecule has 0 aliphatic carbocycles. The highest BCUT2D eigenvalue weighted by Crippen LogP contribution is 2.33. The first-order chi connectivity index (χ1) is 13.4. The van der Waals surface area contributed by atoms with Crippen LogP contribution in [0.3, 0.4) is 0 Å². The molecule has 2 saturated heterocycles. The molecule has 0 aromatic rings. The number of carbonyl (C=O) groups is 3. The van der Waals surface area contributed by atoms with Crippen LogP contribution in [0, 0.1) is 0 Å². The lowest BCUT2D eigenvalue weighted by molar-refractivity contribution is -0.139. The van der Waals surface area contributed by atoms with Crippen molar-refractivity contribution >= 4 is 36.6 Å². The van der Waals surface area contributed by atoms with Crippen LogP contribution in [0.5, 0.6) is 0 Å². The van der Waals surface area contributed by atoms with Crippen LogP contribution in [0.25, 0.3) is 0 Å². The summed E-state index contributed by atoms with van der Waals surface area (Å²) < 4.78 is 0.